The molecule has 4 rings (SSSR count). The first kappa shape index (κ1) is 19.5. The molecule has 0 atom stereocenters. The maximum atomic E-state index is 13.2. The van der Waals surface area contributed by atoms with Crippen molar-refractivity contribution in [2.24, 2.45) is 0 Å². The average molecular weight is 417 g/mol. The topological polar surface area (TPSA) is 101 Å². The van der Waals surface area contributed by atoms with Crippen LogP contribution in [0.5, 0.6) is 0 Å². The van der Waals surface area contributed by atoms with Crippen LogP contribution in [0.4, 0.5) is 10.3 Å². The molecule has 152 valence electrons. The minimum Gasteiger partial charge on any atom is -0.356 e. The van der Waals surface area contributed by atoms with Gasteiger partial charge in [-0.15, -0.1) is 0 Å². The Bertz CT molecular complexity index is 1130. The average Bonchev–Trinajstić information content (AvgIpc) is 3.40. The van der Waals surface area contributed by atoms with E-state index in [4.69, 9.17) is 4.52 Å². The van der Waals surface area contributed by atoms with Gasteiger partial charge < -0.3 is 9.84 Å². The summed E-state index contributed by atoms with van der Waals surface area (Å²) >= 11 is 0. The van der Waals surface area contributed by atoms with Gasteiger partial charge in [-0.25, -0.2) is 22.8 Å². The van der Waals surface area contributed by atoms with E-state index in [-0.39, 0.29) is 11.4 Å². The number of nitrogens with one attached hydrogen (secondary N) is 1. The molecule has 1 fully saturated rings. The van der Waals surface area contributed by atoms with Gasteiger partial charge in [0.1, 0.15) is 5.82 Å². The third-order valence-electron chi connectivity index (χ3n) is 4.57. The van der Waals surface area contributed by atoms with Crippen LogP contribution in [0.25, 0.3) is 11.3 Å². The molecule has 1 aliphatic carbocycles. The summed E-state index contributed by atoms with van der Waals surface area (Å²) in [4.78, 5) is 8.85. The van der Waals surface area contributed by atoms with Crippen LogP contribution < -0.4 is 5.32 Å². The van der Waals surface area contributed by atoms with Gasteiger partial charge in [0.25, 0.3) is 0 Å². The molecule has 3 aromatic rings. The van der Waals surface area contributed by atoms with Gasteiger partial charge in [-0.2, -0.15) is 4.31 Å². The monoisotopic (exact) mass is 417 g/mol. The Morgan fingerprint density at radius 3 is 2.62 bits per heavy atom. The first-order valence-electron chi connectivity index (χ1n) is 9.11. The largest absolute Gasteiger partial charge is 0.356 e. The molecule has 1 aliphatic rings. The van der Waals surface area contributed by atoms with Gasteiger partial charge in [0.15, 0.2) is 5.76 Å². The van der Waals surface area contributed by atoms with Crippen LogP contribution in [0.2, 0.25) is 0 Å². The van der Waals surface area contributed by atoms with Crippen LogP contribution in [0.1, 0.15) is 24.2 Å². The van der Waals surface area contributed by atoms with E-state index in [1.807, 2.05) is 0 Å². The van der Waals surface area contributed by atoms with Crippen molar-refractivity contribution in [2.45, 2.75) is 37.2 Å². The summed E-state index contributed by atoms with van der Waals surface area (Å²) in [7, 11) is -2.38. The van der Waals surface area contributed by atoms with E-state index in [2.05, 4.69) is 20.4 Å². The lowest BCUT2D eigenvalue weighted by Gasteiger charge is -2.18. The standard InChI is InChI=1S/C19H20FN5O3S/c1-12-9-18(28-24-12)16-10-21-19(22-14-5-6-14)23-17(16)11-25(2)29(26,27)15-7-3-13(20)4-8-15/h3-4,7-10,14H,5-6,11H2,1-2H3,(H,21,22,23). The van der Waals surface area contributed by atoms with Crippen LogP contribution in [0.3, 0.4) is 0 Å². The van der Waals surface area contributed by atoms with Crippen molar-refractivity contribution in [3.63, 3.8) is 0 Å². The van der Waals surface area contributed by atoms with Crippen molar-refractivity contribution in [3.8, 4) is 11.3 Å². The fourth-order valence-electron chi connectivity index (χ4n) is 2.80. The quantitative estimate of drug-likeness (QED) is 0.631. The second-order valence-electron chi connectivity index (χ2n) is 7.02. The van der Waals surface area contributed by atoms with E-state index >= 15 is 0 Å². The number of hydrogen-bond acceptors (Lipinski definition) is 7. The van der Waals surface area contributed by atoms with Gasteiger partial charge in [-0.3, -0.25) is 0 Å². The van der Waals surface area contributed by atoms with E-state index in [9.17, 15) is 12.8 Å². The van der Waals surface area contributed by atoms with E-state index in [0.717, 1.165) is 29.3 Å². The molecule has 29 heavy (non-hydrogen) atoms. The number of anilines is 1. The summed E-state index contributed by atoms with van der Waals surface area (Å²) in [6.07, 6.45) is 3.71. The Hall–Kier alpha value is -2.85. The van der Waals surface area contributed by atoms with E-state index in [1.165, 1.54) is 19.2 Å². The van der Waals surface area contributed by atoms with Crippen molar-refractivity contribution >= 4 is 16.0 Å². The molecule has 0 amide bonds. The molecular weight excluding hydrogens is 397 g/mol. The molecule has 0 radical (unpaired) electrons. The summed E-state index contributed by atoms with van der Waals surface area (Å²) in [6, 6.07) is 6.80. The lowest BCUT2D eigenvalue weighted by Crippen LogP contribution is -2.27. The number of sulfonamides is 1. The van der Waals surface area contributed by atoms with Crippen LogP contribution in [-0.2, 0) is 16.6 Å². The van der Waals surface area contributed by atoms with Gasteiger partial charge >= 0.3 is 0 Å². The zero-order chi connectivity index (χ0) is 20.6. The SMILES string of the molecule is Cc1cc(-c2cnc(NC3CC3)nc2CN(C)S(=O)(=O)c2ccc(F)cc2)on1. The number of aromatic nitrogens is 3. The van der Waals surface area contributed by atoms with Gasteiger partial charge in [0.2, 0.25) is 16.0 Å². The molecule has 0 unspecified atom stereocenters. The highest BCUT2D eigenvalue weighted by atomic mass is 32.2. The lowest BCUT2D eigenvalue weighted by molar-refractivity contribution is 0.424. The fraction of sp³-hybridized carbons (Fsp3) is 0.316. The minimum absolute atomic E-state index is 0.00356. The molecule has 2 heterocycles. The maximum absolute atomic E-state index is 13.2. The summed E-state index contributed by atoms with van der Waals surface area (Å²) in [5.74, 6) is 0.402. The molecule has 10 heteroatoms. The van der Waals surface area contributed by atoms with Gasteiger partial charge in [0.05, 0.1) is 28.4 Å². The second kappa shape index (κ2) is 7.53. The summed E-state index contributed by atoms with van der Waals surface area (Å²) < 4.78 is 45.4. The molecule has 0 saturated heterocycles. The number of nitrogens with zero attached hydrogens (tertiary/aromatic N) is 4. The van der Waals surface area contributed by atoms with Crippen LogP contribution in [-0.4, -0.2) is 40.9 Å². The Balaban J connectivity index is 1.67. The zero-order valence-electron chi connectivity index (χ0n) is 16.0. The van der Waals surface area contributed by atoms with Crippen molar-refractivity contribution in [1.82, 2.24) is 19.4 Å². The Labute approximate surface area is 167 Å². The van der Waals surface area contributed by atoms with Crippen LogP contribution in [0.15, 0.2) is 45.9 Å². The van der Waals surface area contributed by atoms with Crippen molar-refractivity contribution < 1.29 is 17.3 Å². The number of hydrogen-bond donors (Lipinski definition) is 1. The maximum Gasteiger partial charge on any atom is 0.243 e. The number of halogens is 1. The highest BCUT2D eigenvalue weighted by Crippen LogP contribution is 2.28. The minimum atomic E-state index is -3.83. The molecule has 0 aliphatic heterocycles. The Morgan fingerprint density at radius 1 is 1.28 bits per heavy atom. The molecule has 8 nitrogen and oxygen atoms in total. The van der Waals surface area contributed by atoms with Crippen molar-refractivity contribution in [2.75, 3.05) is 12.4 Å². The number of rotatable bonds is 7. The zero-order valence-corrected chi connectivity index (χ0v) is 16.8. The molecule has 0 bridgehead atoms. The first-order chi connectivity index (χ1) is 13.8. The summed E-state index contributed by atoms with van der Waals surface area (Å²) in [5, 5.41) is 7.10. The molecule has 1 saturated carbocycles. The van der Waals surface area contributed by atoms with Crippen LogP contribution >= 0.6 is 0 Å². The molecule has 1 aromatic carbocycles. The normalized spacial score (nSPS) is 14.3. The van der Waals surface area contributed by atoms with Crippen LogP contribution in [0, 0.1) is 12.7 Å². The predicted octanol–water partition coefficient (Wildman–Crippen LogP) is 2.97. The molecular formula is C19H20FN5O3S. The Kier molecular flexibility index (Phi) is 5.05. The third kappa shape index (κ3) is 4.28. The molecule has 2 aromatic heterocycles. The van der Waals surface area contributed by atoms with E-state index in [0.29, 0.717) is 34.7 Å². The summed E-state index contributed by atoms with van der Waals surface area (Å²) in [5.41, 5.74) is 1.74. The number of benzene rings is 1. The highest BCUT2D eigenvalue weighted by Gasteiger charge is 2.26. The fourth-order valence-corrected chi connectivity index (χ4v) is 3.93. The van der Waals surface area contributed by atoms with Crippen molar-refractivity contribution in [3.05, 3.63) is 53.7 Å². The van der Waals surface area contributed by atoms with E-state index < -0.39 is 15.8 Å². The number of aryl methyl sites for hydroxylation is 1. The van der Waals surface area contributed by atoms with E-state index in [1.54, 1.807) is 19.2 Å². The lowest BCUT2D eigenvalue weighted by atomic mass is 10.1. The van der Waals surface area contributed by atoms with Crippen molar-refractivity contribution in [1.29, 1.82) is 0 Å². The Morgan fingerprint density at radius 2 is 2.00 bits per heavy atom. The summed E-state index contributed by atoms with van der Waals surface area (Å²) in [6.45, 7) is 1.78. The molecule has 1 N–H and O–H groups in total. The highest BCUT2D eigenvalue weighted by molar-refractivity contribution is 7.89. The van der Waals surface area contributed by atoms with Gasteiger partial charge in [0, 0.05) is 25.4 Å². The molecule has 0 spiro atoms. The van der Waals surface area contributed by atoms with Gasteiger partial charge in [-0.1, -0.05) is 5.16 Å². The second-order valence-corrected chi connectivity index (χ2v) is 9.07. The first-order valence-corrected chi connectivity index (χ1v) is 10.5. The third-order valence-corrected chi connectivity index (χ3v) is 6.38. The predicted molar refractivity (Wildman–Crippen MR) is 104 cm³/mol. The smallest absolute Gasteiger partial charge is 0.243 e. The van der Waals surface area contributed by atoms with Gasteiger partial charge in [-0.05, 0) is 44.0 Å².